The number of ether oxygens (including phenoxy) is 1. The maximum atomic E-state index is 5.28. The molecule has 0 spiro atoms. The van der Waals surface area contributed by atoms with E-state index in [9.17, 15) is 0 Å². The molecule has 2 rings (SSSR count). The van der Waals surface area contributed by atoms with Crippen molar-refractivity contribution in [2.24, 2.45) is 0 Å². The highest BCUT2D eigenvalue weighted by atomic mass is 32.2. The smallest absolute Gasteiger partial charge is 0.122 e. The molecule has 1 N–H and O–H groups in total. The van der Waals surface area contributed by atoms with Gasteiger partial charge in [0.05, 0.1) is 12.8 Å². The fourth-order valence-electron chi connectivity index (χ4n) is 2.00. The van der Waals surface area contributed by atoms with Crippen LogP contribution in [0.4, 0.5) is 0 Å². The maximum Gasteiger partial charge on any atom is 0.122 e. The van der Waals surface area contributed by atoms with Crippen LogP contribution in [0.2, 0.25) is 0 Å². The minimum absolute atomic E-state index is 0.848. The van der Waals surface area contributed by atoms with Crippen LogP contribution in [0.15, 0.2) is 41.3 Å². The second kappa shape index (κ2) is 7.31. The van der Waals surface area contributed by atoms with Gasteiger partial charge in [0.25, 0.3) is 0 Å². The van der Waals surface area contributed by atoms with E-state index in [-0.39, 0.29) is 0 Å². The Balaban J connectivity index is 2.04. The van der Waals surface area contributed by atoms with Gasteiger partial charge in [-0.25, -0.2) is 0 Å². The number of aryl methyl sites for hydroxylation is 1. The molecule has 3 nitrogen and oxygen atoms in total. The molecule has 0 aliphatic carbocycles. The highest BCUT2D eigenvalue weighted by Gasteiger charge is 2.03. The maximum absolute atomic E-state index is 5.28. The Morgan fingerprint density at radius 2 is 2.10 bits per heavy atom. The summed E-state index contributed by atoms with van der Waals surface area (Å²) in [6, 6.07) is 12.5. The van der Waals surface area contributed by atoms with Crippen LogP contribution in [0, 0.1) is 6.92 Å². The number of aromatic nitrogens is 1. The minimum Gasteiger partial charge on any atom is -0.497 e. The minimum atomic E-state index is 0.848. The molecule has 20 heavy (non-hydrogen) atoms. The predicted octanol–water partition coefficient (Wildman–Crippen LogP) is 3.41. The number of nitrogens with one attached hydrogen (secondary N) is 1. The number of thioether (sulfide) groups is 1. The lowest BCUT2D eigenvalue weighted by molar-refractivity contribution is 0.413. The van der Waals surface area contributed by atoms with Gasteiger partial charge in [0, 0.05) is 35.0 Å². The van der Waals surface area contributed by atoms with Gasteiger partial charge >= 0.3 is 0 Å². The third-order valence-electron chi connectivity index (χ3n) is 2.88. The third-order valence-corrected chi connectivity index (χ3v) is 3.91. The first-order valence-corrected chi connectivity index (χ1v) is 7.57. The topological polar surface area (TPSA) is 34.1 Å². The second-order valence-corrected chi connectivity index (χ2v) is 5.65. The van der Waals surface area contributed by atoms with Crippen LogP contribution in [0.3, 0.4) is 0 Å². The summed E-state index contributed by atoms with van der Waals surface area (Å²) in [5.74, 6) is 1.72. The van der Waals surface area contributed by atoms with Gasteiger partial charge < -0.3 is 10.1 Å². The fourth-order valence-corrected chi connectivity index (χ4v) is 2.87. The third kappa shape index (κ3) is 4.25. The molecule has 0 bridgehead atoms. The van der Waals surface area contributed by atoms with E-state index in [4.69, 9.17) is 4.74 Å². The monoisotopic (exact) mass is 288 g/mol. The number of pyridine rings is 1. The van der Waals surface area contributed by atoms with Crippen molar-refractivity contribution in [3.8, 4) is 5.75 Å². The molecule has 1 aromatic heterocycles. The lowest BCUT2D eigenvalue weighted by atomic mass is 10.2. The van der Waals surface area contributed by atoms with Crippen molar-refractivity contribution in [2.45, 2.75) is 24.1 Å². The number of benzene rings is 1. The summed E-state index contributed by atoms with van der Waals surface area (Å²) in [5.41, 5.74) is 3.34. The van der Waals surface area contributed by atoms with Crippen molar-refractivity contribution in [1.82, 2.24) is 10.3 Å². The molecule has 0 radical (unpaired) electrons. The normalized spacial score (nSPS) is 10.6. The summed E-state index contributed by atoms with van der Waals surface area (Å²) < 4.78 is 5.28. The summed E-state index contributed by atoms with van der Waals surface area (Å²) in [6.07, 6.45) is 0. The number of hydrogen-bond acceptors (Lipinski definition) is 4. The molecule has 0 saturated carbocycles. The van der Waals surface area contributed by atoms with Crippen LogP contribution in [-0.2, 0) is 12.3 Å². The van der Waals surface area contributed by atoms with E-state index in [0.717, 1.165) is 29.4 Å². The van der Waals surface area contributed by atoms with Crippen LogP contribution in [0.25, 0.3) is 0 Å². The summed E-state index contributed by atoms with van der Waals surface area (Å²) >= 11 is 1.80. The molecule has 2 aromatic rings. The van der Waals surface area contributed by atoms with Crippen molar-refractivity contribution in [2.75, 3.05) is 14.2 Å². The van der Waals surface area contributed by atoms with E-state index in [0.29, 0.717) is 0 Å². The average molecular weight is 288 g/mol. The Kier molecular flexibility index (Phi) is 5.44. The van der Waals surface area contributed by atoms with E-state index in [1.54, 1.807) is 18.9 Å². The van der Waals surface area contributed by atoms with Crippen molar-refractivity contribution in [1.29, 1.82) is 0 Å². The van der Waals surface area contributed by atoms with Crippen molar-refractivity contribution < 1.29 is 4.74 Å². The molecule has 0 fully saturated rings. The van der Waals surface area contributed by atoms with Crippen LogP contribution in [0.5, 0.6) is 5.75 Å². The predicted molar refractivity (Wildman–Crippen MR) is 84.3 cm³/mol. The number of nitrogens with zero attached hydrogens (tertiary/aromatic N) is 1. The molecule has 0 unspecified atom stereocenters. The molecule has 1 aromatic carbocycles. The van der Waals surface area contributed by atoms with Crippen LogP contribution >= 0.6 is 11.8 Å². The molecule has 0 amide bonds. The highest BCUT2D eigenvalue weighted by Crippen LogP contribution is 2.24. The lowest BCUT2D eigenvalue weighted by Crippen LogP contribution is -2.04. The summed E-state index contributed by atoms with van der Waals surface area (Å²) in [5, 5.41) is 3.17. The summed E-state index contributed by atoms with van der Waals surface area (Å²) in [6.45, 7) is 2.88. The molecule has 0 aliphatic rings. The quantitative estimate of drug-likeness (QED) is 0.826. The molecule has 1 heterocycles. The van der Waals surface area contributed by atoms with E-state index in [2.05, 4.69) is 34.6 Å². The Hall–Kier alpha value is -1.52. The zero-order valence-corrected chi connectivity index (χ0v) is 13.0. The van der Waals surface area contributed by atoms with Gasteiger partial charge in [-0.2, -0.15) is 0 Å². The molecule has 0 aliphatic heterocycles. The summed E-state index contributed by atoms with van der Waals surface area (Å²) in [7, 11) is 3.65. The van der Waals surface area contributed by atoms with Crippen molar-refractivity contribution in [3.05, 3.63) is 53.3 Å². The van der Waals surface area contributed by atoms with Gasteiger partial charge in [-0.05, 0) is 31.7 Å². The van der Waals surface area contributed by atoms with Crippen molar-refractivity contribution >= 4 is 11.8 Å². The molecule has 106 valence electrons. The zero-order chi connectivity index (χ0) is 14.4. The molecule has 0 atom stereocenters. The Morgan fingerprint density at radius 1 is 1.25 bits per heavy atom. The van der Waals surface area contributed by atoms with Crippen LogP contribution in [0.1, 0.15) is 17.0 Å². The van der Waals surface area contributed by atoms with Gasteiger partial charge in [-0.3, -0.25) is 4.98 Å². The first kappa shape index (κ1) is 14.9. The highest BCUT2D eigenvalue weighted by molar-refractivity contribution is 7.98. The first-order chi connectivity index (χ1) is 9.71. The summed E-state index contributed by atoms with van der Waals surface area (Å²) in [4.78, 5) is 5.81. The molecule has 4 heteroatoms. The number of methoxy groups -OCH3 is 1. The molecular weight excluding hydrogens is 268 g/mol. The van der Waals surface area contributed by atoms with E-state index >= 15 is 0 Å². The second-order valence-electron chi connectivity index (χ2n) is 4.61. The Bertz CT molecular complexity index is 572. The SMILES string of the molecule is CNCc1cccc(SCc2cc(OC)cc(C)n2)c1. The zero-order valence-electron chi connectivity index (χ0n) is 12.1. The van der Waals surface area contributed by atoms with E-state index in [1.807, 2.05) is 26.1 Å². The van der Waals surface area contributed by atoms with Crippen molar-refractivity contribution in [3.63, 3.8) is 0 Å². The van der Waals surface area contributed by atoms with Gasteiger partial charge in [0.2, 0.25) is 0 Å². The van der Waals surface area contributed by atoms with Gasteiger partial charge in [0.1, 0.15) is 5.75 Å². The first-order valence-electron chi connectivity index (χ1n) is 6.59. The van der Waals surface area contributed by atoms with E-state index < -0.39 is 0 Å². The van der Waals surface area contributed by atoms with Gasteiger partial charge in [-0.1, -0.05) is 12.1 Å². The Labute approximate surface area is 124 Å². The fraction of sp³-hybridized carbons (Fsp3) is 0.312. The largest absolute Gasteiger partial charge is 0.497 e. The van der Waals surface area contributed by atoms with Crippen LogP contribution in [-0.4, -0.2) is 19.1 Å². The van der Waals surface area contributed by atoms with Gasteiger partial charge in [0.15, 0.2) is 0 Å². The number of rotatable bonds is 6. The molecule has 0 saturated heterocycles. The standard InChI is InChI=1S/C16H20N2OS/c1-12-7-15(19-3)9-14(18-12)11-20-16-6-4-5-13(8-16)10-17-2/h4-9,17H,10-11H2,1-3H3. The van der Waals surface area contributed by atoms with E-state index in [1.165, 1.54) is 10.5 Å². The average Bonchev–Trinajstić information content (AvgIpc) is 2.45. The number of hydrogen-bond donors (Lipinski definition) is 1. The molecular formula is C16H20N2OS. The lowest BCUT2D eigenvalue weighted by Gasteiger charge is -2.07. The van der Waals surface area contributed by atoms with Crippen LogP contribution < -0.4 is 10.1 Å². The van der Waals surface area contributed by atoms with Gasteiger partial charge in [-0.15, -0.1) is 11.8 Å². The Morgan fingerprint density at radius 3 is 2.85 bits per heavy atom.